The first kappa shape index (κ1) is 36.9. The van der Waals surface area contributed by atoms with E-state index in [-0.39, 0.29) is 0 Å². The smallest absolute Gasteiger partial charge is 0.135 e. The molecule has 13 rings (SSSR count). The number of fused-ring (bicyclic) bond motifs is 8. The van der Waals surface area contributed by atoms with E-state index in [1.165, 1.54) is 54.5 Å². The van der Waals surface area contributed by atoms with Crippen LogP contribution in [0.5, 0.6) is 0 Å². The molecule has 0 saturated heterocycles. The minimum Gasteiger partial charge on any atom is -0.456 e. The zero-order valence-electron chi connectivity index (χ0n) is 35.4. The Bertz CT molecular complexity index is 3950. The van der Waals surface area contributed by atoms with Gasteiger partial charge in [0.05, 0.1) is 11.0 Å². The summed E-state index contributed by atoms with van der Waals surface area (Å²) in [6.45, 7) is 0. The van der Waals surface area contributed by atoms with Gasteiger partial charge in [0.2, 0.25) is 0 Å². The lowest BCUT2D eigenvalue weighted by molar-refractivity contribution is 0.669. The molecule has 3 heteroatoms. The van der Waals surface area contributed by atoms with Crippen LogP contribution >= 0.6 is 0 Å². The fourth-order valence-electron chi connectivity index (χ4n) is 9.93. The molecule has 0 aliphatic rings. The molecule has 13 aromatic rings. The van der Waals surface area contributed by atoms with Crippen molar-refractivity contribution < 1.29 is 4.42 Å². The summed E-state index contributed by atoms with van der Waals surface area (Å²) in [4.78, 5) is 2.35. The number of nitrogens with zero attached hydrogens (tertiary/aromatic N) is 2. The van der Waals surface area contributed by atoms with Gasteiger partial charge in [-0.25, -0.2) is 0 Å². The minimum atomic E-state index is 0.895. The van der Waals surface area contributed by atoms with E-state index in [1.807, 2.05) is 12.1 Å². The van der Waals surface area contributed by atoms with Crippen LogP contribution < -0.4 is 4.90 Å². The lowest BCUT2D eigenvalue weighted by Gasteiger charge is -2.26. The van der Waals surface area contributed by atoms with Crippen LogP contribution in [0.15, 0.2) is 247 Å². The maximum atomic E-state index is 6.27. The zero-order valence-corrected chi connectivity index (χ0v) is 35.4. The topological polar surface area (TPSA) is 21.3 Å². The Kier molecular flexibility index (Phi) is 8.53. The first-order valence-corrected chi connectivity index (χ1v) is 22.2. The van der Waals surface area contributed by atoms with Crippen molar-refractivity contribution in [2.75, 3.05) is 4.90 Å². The van der Waals surface area contributed by atoms with Crippen molar-refractivity contribution in [2.45, 2.75) is 0 Å². The van der Waals surface area contributed by atoms with E-state index >= 15 is 0 Å². The van der Waals surface area contributed by atoms with Crippen molar-refractivity contribution in [1.29, 1.82) is 0 Å². The van der Waals surface area contributed by atoms with E-state index in [2.05, 4.69) is 240 Å². The van der Waals surface area contributed by atoms with E-state index in [1.54, 1.807) is 0 Å². The molecule has 304 valence electrons. The summed E-state index contributed by atoms with van der Waals surface area (Å²) in [7, 11) is 0. The highest BCUT2D eigenvalue weighted by Gasteiger charge is 2.17. The predicted octanol–water partition coefficient (Wildman–Crippen LogP) is 17.5. The molecule has 0 saturated carbocycles. The van der Waals surface area contributed by atoms with Crippen molar-refractivity contribution in [2.24, 2.45) is 0 Å². The summed E-state index contributed by atoms with van der Waals surface area (Å²) in [5.41, 5.74) is 15.7. The second kappa shape index (κ2) is 15.0. The summed E-state index contributed by atoms with van der Waals surface area (Å²) in [5, 5.41) is 9.53. The maximum absolute atomic E-state index is 6.27. The molecule has 0 bridgehead atoms. The van der Waals surface area contributed by atoms with Gasteiger partial charge in [0.15, 0.2) is 0 Å². The van der Waals surface area contributed by atoms with E-state index in [4.69, 9.17) is 4.42 Å². The molecule has 0 aliphatic carbocycles. The van der Waals surface area contributed by atoms with Gasteiger partial charge >= 0.3 is 0 Å². The Labute approximate surface area is 376 Å². The number of hydrogen-bond acceptors (Lipinski definition) is 2. The summed E-state index contributed by atoms with van der Waals surface area (Å²) >= 11 is 0. The molecule has 2 aromatic heterocycles. The molecular formula is C62H40N2O. The number of anilines is 3. The normalized spacial score (nSPS) is 11.7. The molecule has 3 nitrogen and oxygen atoms in total. The van der Waals surface area contributed by atoms with E-state index < -0.39 is 0 Å². The fraction of sp³-hybridized carbons (Fsp3) is 0. The Balaban J connectivity index is 0.958. The average Bonchev–Trinajstić information content (AvgIpc) is 3.92. The van der Waals surface area contributed by atoms with Crippen LogP contribution in [-0.2, 0) is 0 Å². The Hall–Kier alpha value is -8.66. The predicted molar refractivity (Wildman–Crippen MR) is 274 cm³/mol. The number of hydrogen-bond donors (Lipinski definition) is 0. The summed E-state index contributed by atoms with van der Waals surface area (Å²) < 4.78 is 8.64. The van der Waals surface area contributed by atoms with Crippen LogP contribution in [0.2, 0.25) is 0 Å². The largest absolute Gasteiger partial charge is 0.456 e. The molecule has 0 unspecified atom stereocenters. The van der Waals surface area contributed by atoms with Crippen molar-refractivity contribution in [1.82, 2.24) is 4.57 Å². The van der Waals surface area contributed by atoms with Gasteiger partial charge in [0.25, 0.3) is 0 Å². The van der Waals surface area contributed by atoms with Crippen LogP contribution in [0, 0.1) is 0 Å². The van der Waals surface area contributed by atoms with E-state index in [0.29, 0.717) is 0 Å². The minimum absolute atomic E-state index is 0.895. The summed E-state index contributed by atoms with van der Waals surface area (Å²) in [6.07, 6.45) is 0. The summed E-state index contributed by atoms with van der Waals surface area (Å²) in [5.74, 6) is 0. The van der Waals surface area contributed by atoms with Gasteiger partial charge in [0, 0.05) is 44.3 Å². The molecule has 11 aromatic carbocycles. The number of para-hydroxylation sites is 4. The Morgan fingerprint density at radius 3 is 1.55 bits per heavy atom. The molecule has 0 radical (unpaired) electrons. The molecule has 0 spiro atoms. The third-order valence-electron chi connectivity index (χ3n) is 13.1. The molecule has 0 fully saturated rings. The van der Waals surface area contributed by atoms with Gasteiger partial charge in [-0.3, -0.25) is 0 Å². The molecule has 0 atom stereocenters. The van der Waals surface area contributed by atoms with Crippen molar-refractivity contribution in [3.05, 3.63) is 243 Å². The van der Waals surface area contributed by atoms with E-state index in [9.17, 15) is 0 Å². The summed E-state index contributed by atoms with van der Waals surface area (Å²) in [6, 6.07) is 88.0. The highest BCUT2D eigenvalue weighted by molar-refractivity contribution is 6.11. The lowest BCUT2D eigenvalue weighted by Crippen LogP contribution is -2.09. The fourth-order valence-corrected chi connectivity index (χ4v) is 9.93. The van der Waals surface area contributed by atoms with Crippen LogP contribution in [0.3, 0.4) is 0 Å². The van der Waals surface area contributed by atoms with Crippen LogP contribution in [0.25, 0.3) is 104 Å². The highest BCUT2D eigenvalue weighted by Crippen LogP contribution is 2.41. The third kappa shape index (κ3) is 6.36. The van der Waals surface area contributed by atoms with Crippen LogP contribution in [0.1, 0.15) is 0 Å². The van der Waals surface area contributed by atoms with Gasteiger partial charge in [-0.2, -0.15) is 0 Å². The van der Waals surface area contributed by atoms with Crippen molar-refractivity contribution in [3.63, 3.8) is 0 Å². The number of furan rings is 1. The quantitative estimate of drug-likeness (QED) is 0.160. The first-order chi connectivity index (χ1) is 32.2. The molecule has 2 heterocycles. The molecule has 0 amide bonds. The lowest BCUT2D eigenvalue weighted by atomic mass is 9.91. The van der Waals surface area contributed by atoms with Gasteiger partial charge in [-0.15, -0.1) is 0 Å². The van der Waals surface area contributed by atoms with Crippen molar-refractivity contribution >= 4 is 82.4 Å². The highest BCUT2D eigenvalue weighted by atomic mass is 16.3. The molecule has 0 N–H and O–H groups in total. The van der Waals surface area contributed by atoms with Gasteiger partial charge in [-0.1, -0.05) is 133 Å². The van der Waals surface area contributed by atoms with Crippen LogP contribution in [-0.4, -0.2) is 4.57 Å². The van der Waals surface area contributed by atoms with Crippen LogP contribution in [0.4, 0.5) is 17.1 Å². The Morgan fingerprint density at radius 1 is 0.277 bits per heavy atom. The monoisotopic (exact) mass is 828 g/mol. The van der Waals surface area contributed by atoms with Gasteiger partial charge < -0.3 is 13.9 Å². The number of benzene rings is 11. The number of aromatic nitrogens is 1. The van der Waals surface area contributed by atoms with Gasteiger partial charge in [0.1, 0.15) is 11.2 Å². The molecule has 0 aliphatic heterocycles. The SMILES string of the molecule is c1ccc(N(c2ccc3ccccc3c2)c2ccc3cc(-c4cc(-c5ccc6oc7ccccc7c6c5)cc(-c5ccc6c(c5)c5ccccc5n6-c5ccccc5)c4)ccc3c2)cc1. The average molecular weight is 829 g/mol. The van der Waals surface area contributed by atoms with Crippen molar-refractivity contribution in [3.8, 4) is 39.1 Å². The second-order valence-electron chi connectivity index (χ2n) is 17.0. The second-order valence-corrected chi connectivity index (χ2v) is 17.0. The molecular weight excluding hydrogens is 789 g/mol. The molecule has 65 heavy (non-hydrogen) atoms. The van der Waals surface area contributed by atoms with Gasteiger partial charge in [-0.05, 0) is 164 Å². The van der Waals surface area contributed by atoms with E-state index in [0.717, 1.165) is 66.9 Å². The number of rotatable bonds is 7. The standard InChI is InChI=1S/C62H40N2O/c1-3-15-51(16-4-1)63(53-29-25-41-13-7-8-14-42(41)37-53)54-30-26-43-33-44(23-24-45(43)38-54)48-34-49(36-50(35-48)47-28-32-62-58(40-47)56-20-10-12-22-61(56)65-62)46-27-31-60-57(39-46)55-19-9-11-21-59(55)64(60)52-17-5-2-6-18-52/h1-40H. The maximum Gasteiger partial charge on any atom is 0.135 e. The third-order valence-corrected chi connectivity index (χ3v) is 13.1. The zero-order chi connectivity index (χ0) is 42.8. The first-order valence-electron chi connectivity index (χ1n) is 22.2. The Morgan fingerprint density at radius 2 is 0.785 bits per heavy atom.